The molecular formula is C19H27FN4O4. The molecule has 1 aromatic carbocycles. The van der Waals surface area contributed by atoms with Gasteiger partial charge < -0.3 is 15.3 Å². The van der Waals surface area contributed by atoms with Crippen molar-refractivity contribution in [2.75, 3.05) is 58.7 Å². The number of carbonyl (C=O) groups excluding carboxylic acids is 2. The molecule has 1 aliphatic rings. The SMILES string of the molecule is CN(C)C(=O)CN1CCN(C[C@@H](CC(=O)Nc2ccccc2F)C(=O)O)CC1. The number of nitrogens with one attached hydrogen (secondary N) is 1. The highest BCUT2D eigenvalue weighted by molar-refractivity contribution is 5.93. The van der Waals surface area contributed by atoms with Crippen LogP contribution in [0.2, 0.25) is 0 Å². The Morgan fingerprint density at radius 2 is 1.75 bits per heavy atom. The van der Waals surface area contributed by atoms with Gasteiger partial charge in [0.25, 0.3) is 0 Å². The third-order valence-corrected chi connectivity index (χ3v) is 4.73. The second-order valence-electron chi connectivity index (χ2n) is 7.13. The van der Waals surface area contributed by atoms with Crippen molar-refractivity contribution in [3.05, 3.63) is 30.1 Å². The van der Waals surface area contributed by atoms with Crippen molar-refractivity contribution in [3.63, 3.8) is 0 Å². The Bertz CT molecular complexity index is 705. The quantitative estimate of drug-likeness (QED) is 0.669. The predicted molar refractivity (Wildman–Crippen MR) is 102 cm³/mol. The largest absolute Gasteiger partial charge is 0.481 e. The predicted octanol–water partition coefficient (Wildman–Crippen LogP) is 0.561. The molecular weight excluding hydrogens is 367 g/mol. The molecule has 2 rings (SSSR count). The van der Waals surface area contributed by atoms with Gasteiger partial charge in [-0.2, -0.15) is 0 Å². The number of aliphatic carboxylic acids is 1. The zero-order chi connectivity index (χ0) is 20.7. The minimum Gasteiger partial charge on any atom is -0.481 e. The van der Waals surface area contributed by atoms with E-state index in [1.807, 2.05) is 9.80 Å². The molecule has 2 amide bonds. The summed E-state index contributed by atoms with van der Waals surface area (Å²) in [6, 6.07) is 5.76. The number of carboxylic acid groups (broad SMARTS) is 1. The van der Waals surface area contributed by atoms with Crippen LogP contribution in [-0.2, 0) is 14.4 Å². The highest BCUT2D eigenvalue weighted by Gasteiger charge is 2.27. The maximum atomic E-state index is 13.6. The summed E-state index contributed by atoms with van der Waals surface area (Å²) >= 11 is 0. The molecule has 0 spiro atoms. The summed E-state index contributed by atoms with van der Waals surface area (Å²) in [6.45, 7) is 3.14. The van der Waals surface area contributed by atoms with E-state index in [-0.39, 0.29) is 24.6 Å². The number of carbonyl (C=O) groups is 3. The number of nitrogens with zero attached hydrogens (tertiary/aromatic N) is 3. The number of carboxylic acids is 1. The summed E-state index contributed by atoms with van der Waals surface area (Å²) in [5.41, 5.74) is 0.0378. The molecule has 0 aromatic heterocycles. The molecule has 8 nitrogen and oxygen atoms in total. The van der Waals surface area contributed by atoms with Crippen LogP contribution in [0.1, 0.15) is 6.42 Å². The van der Waals surface area contributed by atoms with E-state index in [9.17, 15) is 23.9 Å². The standard InChI is InChI=1S/C19H27FN4O4/c1-22(2)18(26)13-24-9-7-23(8-10-24)12-14(19(27)28)11-17(25)21-16-6-4-3-5-15(16)20/h3-6,14H,7-13H2,1-2H3,(H,21,25)(H,27,28)/t14-/m1/s1. The van der Waals surface area contributed by atoms with Gasteiger partial charge >= 0.3 is 5.97 Å². The Morgan fingerprint density at radius 1 is 1.14 bits per heavy atom. The van der Waals surface area contributed by atoms with E-state index in [4.69, 9.17) is 0 Å². The fourth-order valence-corrected chi connectivity index (χ4v) is 2.99. The molecule has 1 heterocycles. The van der Waals surface area contributed by atoms with Gasteiger partial charge in [0.1, 0.15) is 5.82 Å². The molecule has 0 radical (unpaired) electrons. The molecule has 28 heavy (non-hydrogen) atoms. The Balaban J connectivity index is 1.83. The Kier molecular flexibility index (Phi) is 7.89. The van der Waals surface area contributed by atoms with Crippen molar-refractivity contribution in [3.8, 4) is 0 Å². The molecule has 1 saturated heterocycles. The molecule has 1 fully saturated rings. The van der Waals surface area contributed by atoms with Gasteiger partial charge in [0.15, 0.2) is 0 Å². The minimum atomic E-state index is -1.06. The molecule has 1 aromatic rings. The topological polar surface area (TPSA) is 93.2 Å². The number of rotatable bonds is 8. The average molecular weight is 394 g/mol. The van der Waals surface area contributed by atoms with Crippen LogP contribution in [0.25, 0.3) is 0 Å². The molecule has 0 aliphatic carbocycles. The lowest BCUT2D eigenvalue weighted by molar-refractivity contribution is -0.144. The van der Waals surface area contributed by atoms with Gasteiger partial charge in [0.2, 0.25) is 11.8 Å². The first-order valence-electron chi connectivity index (χ1n) is 9.18. The summed E-state index contributed by atoms with van der Waals surface area (Å²) < 4.78 is 13.6. The van der Waals surface area contributed by atoms with Gasteiger partial charge in [-0.1, -0.05) is 12.1 Å². The van der Waals surface area contributed by atoms with Crippen LogP contribution in [-0.4, -0.2) is 91.0 Å². The number of anilines is 1. The van der Waals surface area contributed by atoms with Gasteiger partial charge in [-0.3, -0.25) is 24.2 Å². The van der Waals surface area contributed by atoms with Crippen molar-refractivity contribution in [2.45, 2.75) is 6.42 Å². The maximum absolute atomic E-state index is 13.6. The number of hydrogen-bond acceptors (Lipinski definition) is 5. The second-order valence-corrected chi connectivity index (χ2v) is 7.13. The lowest BCUT2D eigenvalue weighted by Gasteiger charge is -2.35. The first-order chi connectivity index (χ1) is 13.3. The Hall–Kier alpha value is -2.52. The molecule has 9 heteroatoms. The van der Waals surface area contributed by atoms with Crippen LogP contribution in [0.4, 0.5) is 10.1 Å². The van der Waals surface area contributed by atoms with E-state index in [1.165, 1.54) is 18.2 Å². The summed E-state index contributed by atoms with van der Waals surface area (Å²) in [5.74, 6) is -3.02. The van der Waals surface area contributed by atoms with Crippen LogP contribution in [0, 0.1) is 11.7 Å². The minimum absolute atomic E-state index is 0.0293. The third kappa shape index (κ3) is 6.58. The van der Waals surface area contributed by atoms with E-state index in [0.29, 0.717) is 32.7 Å². The van der Waals surface area contributed by atoms with E-state index in [0.717, 1.165) is 0 Å². The van der Waals surface area contributed by atoms with Crippen LogP contribution in [0.15, 0.2) is 24.3 Å². The summed E-state index contributed by atoms with van der Waals surface area (Å²) in [5, 5.41) is 11.9. The lowest BCUT2D eigenvalue weighted by Crippen LogP contribution is -2.50. The van der Waals surface area contributed by atoms with Crippen LogP contribution in [0.5, 0.6) is 0 Å². The Labute approximate surface area is 163 Å². The normalized spacial score (nSPS) is 16.4. The zero-order valence-electron chi connectivity index (χ0n) is 16.2. The van der Waals surface area contributed by atoms with Gasteiger partial charge in [0.05, 0.1) is 18.2 Å². The molecule has 0 bridgehead atoms. The van der Waals surface area contributed by atoms with Crippen molar-refractivity contribution < 1.29 is 23.9 Å². The van der Waals surface area contributed by atoms with Crippen molar-refractivity contribution in [2.24, 2.45) is 5.92 Å². The number of piperazine rings is 1. The molecule has 154 valence electrons. The molecule has 2 N–H and O–H groups in total. The van der Waals surface area contributed by atoms with E-state index in [2.05, 4.69) is 5.32 Å². The first kappa shape index (κ1) is 21.8. The first-order valence-corrected chi connectivity index (χ1v) is 9.18. The molecule has 1 atom stereocenters. The fraction of sp³-hybridized carbons (Fsp3) is 0.526. The molecule has 0 unspecified atom stereocenters. The molecule has 1 aliphatic heterocycles. The lowest BCUT2D eigenvalue weighted by atomic mass is 10.0. The number of para-hydroxylation sites is 1. The Morgan fingerprint density at radius 3 is 2.32 bits per heavy atom. The van der Waals surface area contributed by atoms with E-state index in [1.54, 1.807) is 25.1 Å². The zero-order valence-corrected chi connectivity index (χ0v) is 16.2. The van der Waals surface area contributed by atoms with Crippen molar-refractivity contribution >= 4 is 23.5 Å². The number of amides is 2. The number of halogens is 1. The summed E-state index contributed by atoms with van der Waals surface area (Å²) in [7, 11) is 3.42. The average Bonchev–Trinajstić information content (AvgIpc) is 2.64. The fourth-order valence-electron chi connectivity index (χ4n) is 2.99. The number of benzene rings is 1. The van der Waals surface area contributed by atoms with Gasteiger partial charge in [-0.25, -0.2) is 4.39 Å². The van der Waals surface area contributed by atoms with Gasteiger partial charge in [-0.15, -0.1) is 0 Å². The van der Waals surface area contributed by atoms with Crippen molar-refractivity contribution in [1.29, 1.82) is 0 Å². The summed E-state index contributed by atoms with van der Waals surface area (Å²) in [6.07, 6.45) is -0.233. The van der Waals surface area contributed by atoms with Crippen LogP contribution < -0.4 is 5.32 Å². The van der Waals surface area contributed by atoms with Crippen LogP contribution in [0.3, 0.4) is 0 Å². The second kappa shape index (κ2) is 10.1. The van der Waals surface area contributed by atoms with E-state index >= 15 is 0 Å². The smallest absolute Gasteiger partial charge is 0.308 e. The summed E-state index contributed by atoms with van der Waals surface area (Å²) in [4.78, 5) is 41.0. The van der Waals surface area contributed by atoms with Crippen molar-refractivity contribution in [1.82, 2.24) is 14.7 Å². The molecule has 0 saturated carbocycles. The van der Waals surface area contributed by atoms with Crippen LogP contribution >= 0.6 is 0 Å². The highest BCUT2D eigenvalue weighted by atomic mass is 19.1. The monoisotopic (exact) mass is 394 g/mol. The maximum Gasteiger partial charge on any atom is 0.308 e. The number of likely N-dealkylation sites (N-methyl/N-ethyl adjacent to an activating group) is 1. The third-order valence-electron chi connectivity index (χ3n) is 4.73. The van der Waals surface area contributed by atoms with E-state index < -0.39 is 23.6 Å². The highest BCUT2D eigenvalue weighted by Crippen LogP contribution is 2.15. The number of hydrogen-bond donors (Lipinski definition) is 2. The van der Waals surface area contributed by atoms with Gasteiger partial charge in [0, 0.05) is 53.2 Å². The van der Waals surface area contributed by atoms with Gasteiger partial charge in [-0.05, 0) is 12.1 Å².